The SMILES string of the molecule is Cc1cccc2c(-c3nc(C4(N)C=CC(N(C)CCN(C)C)=C([N+](=O)[O-])C4)ncc3Cl)c[nH]c12. The molecular formula is C24H28ClN7O2. The average Bonchev–Trinajstić information content (AvgIpc) is 3.23. The van der Waals surface area contributed by atoms with Crippen molar-refractivity contribution in [1.82, 2.24) is 24.8 Å². The van der Waals surface area contributed by atoms with Crippen LogP contribution in [0.15, 0.2) is 54.1 Å². The van der Waals surface area contributed by atoms with Gasteiger partial charge in [0.1, 0.15) is 11.2 Å². The summed E-state index contributed by atoms with van der Waals surface area (Å²) in [5, 5.41) is 13.3. The summed E-state index contributed by atoms with van der Waals surface area (Å²) < 4.78 is 0. The Kier molecular flexibility index (Phi) is 6.44. The second kappa shape index (κ2) is 9.17. The van der Waals surface area contributed by atoms with Crippen LogP contribution in [-0.2, 0) is 5.54 Å². The number of nitro groups is 1. The first kappa shape index (κ1) is 23.9. The Morgan fingerprint density at radius 3 is 2.76 bits per heavy atom. The van der Waals surface area contributed by atoms with Crippen LogP contribution >= 0.6 is 11.6 Å². The number of hydrogen-bond acceptors (Lipinski definition) is 7. The lowest BCUT2D eigenvalue weighted by Gasteiger charge is -2.30. The van der Waals surface area contributed by atoms with Gasteiger partial charge in [0.15, 0.2) is 5.82 Å². The lowest BCUT2D eigenvalue weighted by atomic mass is 9.87. The highest BCUT2D eigenvalue weighted by atomic mass is 35.5. The van der Waals surface area contributed by atoms with Crippen LogP contribution in [0.25, 0.3) is 22.2 Å². The van der Waals surface area contributed by atoms with E-state index in [4.69, 9.17) is 22.3 Å². The summed E-state index contributed by atoms with van der Waals surface area (Å²) in [4.78, 5) is 27.9. The molecule has 0 radical (unpaired) electrons. The van der Waals surface area contributed by atoms with Gasteiger partial charge in [-0.15, -0.1) is 0 Å². The highest BCUT2D eigenvalue weighted by Crippen LogP contribution is 2.37. The second-order valence-corrected chi connectivity index (χ2v) is 9.36. The Labute approximate surface area is 203 Å². The molecule has 9 nitrogen and oxygen atoms in total. The third-order valence-corrected chi connectivity index (χ3v) is 6.42. The number of aryl methyl sites for hydroxylation is 1. The van der Waals surface area contributed by atoms with Crippen LogP contribution in [0, 0.1) is 17.0 Å². The Morgan fingerprint density at radius 1 is 1.29 bits per heavy atom. The van der Waals surface area contributed by atoms with Gasteiger partial charge in [-0.05, 0) is 32.7 Å². The fourth-order valence-corrected chi connectivity index (χ4v) is 4.35. The van der Waals surface area contributed by atoms with Crippen LogP contribution in [0.3, 0.4) is 0 Å². The Balaban J connectivity index is 1.72. The van der Waals surface area contributed by atoms with Gasteiger partial charge >= 0.3 is 0 Å². The number of nitrogens with zero attached hydrogens (tertiary/aromatic N) is 5. The Morgan fingerprint density at radius 2 is 2.06 bits per heavy atom. The van der Waals surface area contributed by atoms with Gasteiger partial charge in [0, 0.05) is 49.0 Å². The first-order valence-electron chi connectivity index (χ1n) is 10.9. The van der Waals surface area contributed by atoms with E-state index in [0.717, 1.165) is 28.6 Å². The zero-order valence-corrected chi connectivity index (χ0v) is 20.4. The molecule has 1 unspecified atom stereocenters. The van der Waals surface area contributed by atoms with Gasteiger partial charge in [0.2, 0.25) is 0 Å². The van der Waals surface area contributed by atoms with Crippen molar-refractivity contribution in [2.75, 3.05) is 34.2 Å². The minimum atomic E-state index is -1.24. The van der Waals surface area contributed by atoms with E-state index in [9.17, 15) is 10.1 Å². The standard InChI is InChI=1S/C24H28ClN7O2/c1-15-6-5-7-16-17(13-27-21(15)16)22-18(25)14-28-23(29-22)24(26)9-8-19(20(12-24)32(33)34)31(4)11-10-30(2)3/h5-9,13-14,27H,10-12,26H2,1-4H3. The van der Waals surface area contributed by atoms with Crippen LogP contribution in [0.2, 0.25) is 5.02 Å². The minimum Gasteiger partial charge on any atom is -0.368 e. The van der Waals surface area contributed by atoms with Crippen molar-refractivity contribution >= 4 is 22.5 Å². The molecule has 4 rings (SSSR count). The number of fused-ring (bicyclic) bond motifs is 1. The molecule has 3 aromatic rings. The molecular weight excluding hydrogens is 454 g/mol. The number of halogens is 1. The molecule has 3 N–H and O–H groups in total. The van der Waals surface area contributed by atoms with Crippen LogP contribution in [0.5, 0.6) is 0 Å². The summed E-state index contributed by atoms with van der Waals surface area (Å²) in [5.74, 6) is 0.277. The lowest BCUT2D eigenvalue weighted by molar-refractivity contribution is -0.431. The van der Waals surface area contributed by atoms with E-state index in [-0.39, 0.29) is 22.9 Å². The highest BCUT2D eigenvalue weighted by Gasteiger charge is 2.39. The molecule has 0 saturated carbocycles. The summed E-state index contributed by atoms with van der Waals surface area (Å²) >= 11 is 6.49. The molecule has 2 aromatic heterocycles. The maximum Gasteiger partial charge on any atom is 0.271 e. The normalized spacial score (nSPS) is 18.2. The number of para-hydroxylation sites is 1. The smallest absolute Gasteiger partial charge is 0.271 e. The van der Waals surface area contributed by atoms with Gasteiger partial charge in [-0.3, -0.25) is 10.1 Å². The Hall–Kier alpha value is -3.27. The molecule has 1 atom stereocenters. The van der Waals surface area contributed by atoms with Crippen molar-refractivity contribution in [2.24, 2.45) is 5.73 Å². The average molecular weight is 482 g/mol. The third kappa shape index (κ3) is 4.42. The van der Waals surface area contributed by atoms with Gasteiger partial charge < -0.3 is 20.5 Å². The monoisotopic (exact) mass is 481 g/mol. The van der Waals surface area contributed by atoms with Crippen molar-refractivity contribution in [3.05, 3.63) is 80.7 Å². The van der Waals surface area contributed by atoms with E-state index in [1.165, 1.54) is 6.20 Å². The van der Waals surface area contributed by atoms with Crippen molar-refractivity contribution in [2.45, 2.75) is 18.9 Å². The topological polar surface area (TPSA) is 117 Å². The molecule has 10 heteroatoms. The van der Waals surface area contributed by atoms with Gasteiger partial charge in [0.25, 0.3) is 5.70 Å². The molecule has 1 aliphatic rings. The molecule has 178 valence electrons. The molecule has 1 aromatic carbocycles. The molecule has 0 amide bonds. The highest BCUT2D eigenvalue weighted by molar-refractivity contribution is 6.33. The summed E-state index contributed by atoms with van der Waals surface area (Å²) in [6.45, 7) is 3.43. The van der Waals surface area contributed by atoms with Crippen LogP contribution in [0.1, 0.15) is 17.8 Å². The molecule has 34 heavy (non-hydrogen) atoms. The van der Waals surface area contributed by atoms with E-state index in [0.29, 0.717) is 23.0 Å². The summed E-state index contributed by atoms with van der Waals surface area (Å²) in [6, 6.07) is 5.99. The number of allylic oxidation sites excluding steroid dienone is 1. The van der Waals surface area contributed by atoms with Gasteiger partial charge in [-0.2, -0.15) is 0 Å². The van der Waals surface area contributed by atoms with Crippen molar-refractivity contribution in [3.8, 4) is 11.3 Å². The van der Waals surface area contributed by atoms with Crippen LogP contribution in [0.4, 0.5) is 0 Å². The van der Waals surface area contributed by atoms with Crippen LogP contribution in [-0.4, -0.2) is 63.9 Å². The minimum absolute atomic E-state index is 0.0355. The van der Waals surface area contributed by atoms with E-state index in [1.54, 1.807) is 12.2 Å². The van der Waals surface area contributed by atoms with E-state index >= 15 is 0 Å². The molecule has 2 heterocycles. The predicted octanol–water partition coefficient (Wildman–Crippen LogP) is 3.68. The number of nitrogens with one attached hydrogen (secondary N) is 1. The maximum absolute atomic E-state index is 12.0. The third-order valence-electron chi connectivity index (χ3n) is 6.15. The summed E-state index contributed by atoms with van der Waals surface area (Å²) in [7, 11) is 5.76. The number of aromatic amines is 1. The maximum atomic E-state index is 12.0. The zero-order valence-electron chi connectivity index (χ0n) is 19.7. The van der Waals surface area contributed by atoms with Gasteiger partial charge in [-0.1, -0.05) is 35.9 Å². The molecule has 0 fully saturated rings. The largest absolute Gasteiger partial charge is 0.368 e. The fraction of sp³-hybridized carbons (Fsp3) is 0.333. The number of aromatic nitrogens is 3. The van der Waals surface area contributed by atoms with Crippen molar-refractivity contribution in [1.29, 1.82) is 0 Å². The first-order chi connectivity index (χ1) is 16.1. The van der Waals surface area contributed by atoms with Gasteiger partial charge in [-0.25, -0.2) is 9.97 Å². The molecule has 0 spiro atoms. The molecule has 1 aliphatic carbocycles. The summed E-state index contributed by atoms with van der Waals surface area (Å²) in [6.07, 6.45) is 6.77. The van der Waals surface area contributed by atoms with E-state index in [2.05, 4.69) is 9.97 Å². The number of H-pyrrole nitrogens is 1. The molecule has 0 bridgehead atoms. The number of hydrogen-bond donors (Lipinski definition) is 2. The molecule has 0 aliphatic heterocycles. The number of benzene rings is 1. The Bertz CT molecular complexity index is 1310. The lowest BCUT2D eigenvalue weighted by Crippen LogP contribution is -2.41. The first-order valence-corrected chi connectivity index (χ1v) is 11.3. The van der Waals surface area contributed by atoms with Gasteiger partial charge in [0.05, 0.1) is 22.1 Å². The zero-order chi connectivity index (χ0) is 24.6. The summed E-state index contributed by atoms with van der Waals surface area (Å²) in [5.41, 5.74) is 9.46. The van der Waals surface area contributed by atoms with E-state index < -0.39 is 5.54 Å². The van der Waals surface area contributed by atoms with E-state index in [1.807, 2.05) is 62.3 Å². The van der Waals surface area contributed by atoms with Crippen LogP contribution < -0.4 is 5.73 Å². The number of likely N-dealkylation sites (N-methyl/N-ethyl adjacent to an activating group) is 2. The quantitative estimate of drug-likeness (QED) is 0.390. The predicted molar refractivity (Wildman–Crippen MR) is 134 cm³/mol. The fourth-order valence-electron chi connectivity index (χ4n) is 4.16. The van der Waals surface area contributed by atoms with Crippen molar-refractivity contribution in [3.63, 3.8) is 0 Å². The molecule has 0 saturated heterocycles. The van der Waals surface area contributed by atoms with Crippen molar-refractivity contribution < 1.29 is 4.92 Å². The number of nitrogens with two attached hydrogens (primary N) is 1. The second-order valence-electron chi connectivity index (χ2n) is 8.95. The number of rotatable bonds is 7.